The van der Waals surface area contributed by atoms with Crippen LogP contribution in [0.3, 0.4) is 0 Å². The lowest BCUT2D eigenvalue weighted by molar-refractivity contribution is -0.129. The number of imidazole rings is 1. The number of nitrogens with zero attached hydrogens (tertiary/aromatic N) is 3. The zero-order valence-electron chi connectivity index (χ0n) is 10.8. The first-order chi connectivity index (χ1) is 8.65. The number of rotatable bonds is 5. The van der Waals surface area contributed by atoms with Crippen LogP contribution in [0.2, 0.25) is 0 Å². The monoisotopic (exact) mass is 249 g/mol. The third-order valence-corrected chi connectivity index (χ3v) is 3.47. The summed E-state index contributed by atoms with van der Waals surface area (Å²) < 4.78 is 1.99. The lowest BCUT2D eigenvalue weighted by Crippen LogP contribution is -2.36. The summed E-state index contributed by atoms with van der Waals surface area (Å²) in [6, 6.07) is 0.0558. The zero-order chi connectivity index (χ0) is 13.1. The fourth-order valence-electron chi connectivity index (χ4n) is 2.46. The van der Waals surface area contributed by atoms with Gasteiger partial charge in [0.2, 0.25) is 0 Å². The summed E-state index contributed by atoms with van der Waals surface area (Å²) in [6.07, 6.45) is 7.12. The minimum Gasteiger partial charge on any atom is -0.503 e. The van der Waals surface area contributed by atoms with Crippen LogP contribution in [0.25, 0.3) is 0 Å². The predicted octanol–water partition coefficient (Wildman–Crippen LogP) is 1.73. The first-order valence-corrected chi connectivity index (χ1v) is 6.31. The summed E-state index contributed by atoms with van der Waals surface area (Å²) in [6.45, 7) is 5.36. The van der Waals surface area contributed by atoms with Crippen molar-refractivity contribution >= 4 is 5.91 Å². The highest BCUT2D eigenvalue weighted by Crippen LogP contribution is 2.26. The molecule has 1 N–H and O–H groups in total. The molecule has 98 valence electrons. The van der Waals surface area contributed by atoms with Crippen LogP contribution in [-0.4, -0.2) is 38.1 Å². The maximum atomic E-state index is 11.9. The number of amides is 1. The van der Waals surface area contributed by atoms with Gasteiger partial charge >= 0.3 is 0 Å². The Bertz CT molecular complexity index is 451. The molecule has 1 unspecified atom stereocenters. The highest BCUT2D eigenvalue weighted by atomic mass is 16.3. The topological polar surface area (TPSA) is 58.4 Å². The van der Waals surface area contributed by atoms with Gasteiger partial charge in [-0.3, -0.25) is 4.79 Å². The maximum absolute atomic E-state index is 11.9. The van der Waals surface area contributed by atoms with Crippen LogP contribution in [-0.2, 0) is 11.3 Å². The molecular formula is C13H19N3O2. The van der Waals surface area contributed by atoms with Gasteiger partial charge in [-0.05, 0) is 25.3 Å². The molecule has 1 aromatic heterocycles. The average molecular weight is 249 g/mol. The van der Waals surface area contributed by atoms with E-state index in [1.165, 1.54) is 0 Å². The summed E-state index contributed by atoms with van der Waals surface area (Å²) in [5, 5.41) is 9.69. The average Bonchev–Trinajstić information content (AvgIpc) is 2.94. The van der Waals surface area contributed by atoms with Gasteiger partial charge in [0, 0.05) is 25.5 Å². The number of hydrogen-bond acceptors (Lipinski definition) is 3. The molecule has 0 aromatic carbocycles. The maximum Gasteiger partial charge on any atom is 0.289 e. The number of aryl methyl sites for hydroxylation is 1. The quantitative estimate of drug-likeness (QED) is 0.864. The van der Waals surface area contributed by atoms with E-state index in [4.69, 9.17) is 0 Å². The molecule has 0 bridgehead atoms. The number of aromatic nitrogens is 2. The molecule has 0 radical (unpaired) electrons. The van der Waals surface area contributed by atoms with Gasteiger partial charge in [0.1, 0.15) is 0 Å². The molecule has 5 heteroatoms. The summed E-state index contributed by atoms with van der Waals surface area (Å²) >= 11 is 0. The molecule has 0 spiro atoms. The largest absolute Gasteiger partial charge is 0.503 e. The lowest BCUT2D eigenvalue weighted by Gasteiger charge is -2.24. The molecule has 0 fully saturated rings. The van der Waals surface area contributed by atoms with Crippen LogP contribution in [0.15, 0.2) is 30.1 Å². The molecule has 1 aromatic rings. The molecule has 1 atom stereocenters. The molecule has 1 aliphatic rings. The summed E-state index contributed by atoms with van der Waals surface area (Å²) in [7, 11) is 0. The Kier molecular flexibility index (Phi) is 3.69. The van der Waals surface area contributed by atoms with E-state index in [1.54, 1.807) is 17.4 Å². The Morgan fingerprint density at radius 1 is 1.44 bits per heavy atom. The smallest absolute Gasteiger partial charge is 0.289 e. The van der Waals surface area contributed by atoms with Crippen molar-refractivity contribution in [2.45, 2.75) is 39.3 Å². The van der Waals surface area contributed by atoms with Gasteiger partial charge in [-0.25, -0.2) is 4.98 Å². The van der Waals surface area contributed by atoms with Gasteiger partial charge in [0.05, 0.1) is 12.4 Å². The number of carbonyl (C=O) groups excluding carboxylic acids is 1. The van der Waals surface area contributed by atoms with E-state index in [2.05, 4.69) is 4.98 Å². The van der Waals surface area contributed by atoms with Crippen LogP contribution < -0.4 is 0 Å². The molecule has 0 saturated carbocycles. The fraction of sp³-hybridized carbons (Fsp3) is 0.538. The molecule has 18 heavy (non-hydrogen) atoms. The SMILES string of the molecule is CCC1C(C)=C(O)C(=O)N1CCCn1ccnc1. The summed E-state index contributed by atoms with van der Waals surface area (Å²) in [4.78, 5) is 17.6. The van der Waals surface area contributed by atoms with Gasteiger partial charge in [0.25, 0.3) is 5.91 Å². The van der Waals surface area contributed by atoms with Crippen LogP contribution >= 0.6 is 0 Å². The fourth-order valence-corrected chi connectivity index (χ4v) is 2.46. The normalized spacial score (nSPS) is 20.0. The number of aliphatic hydroxyl groups is 1. The Labute approximate surface area is 107 Å². The van der Waals surface area contributed by atoms with Crippen molar-refractivity contribution in [1.82, 2.24) is 14.5 Å². The molecule has 2 heterocycles. The predicted molar refractivity (Wildman–Crippen MR) is 68.0 cm³/mol. The molecule has 1 aliphatic heterocycles. The van der Waals surface area contributed by atoms with E-state index in [0.29, 0.717) is 6.54 Å². The third kappa shape index (κ3) is 2.25. The number of carbonyl (C=O) groups is 1. The lowest BCUT2D eigenvalue weighted by atomic mass is 10.1. The highest BCUT2D eigenvalue weighted by Gasteiger charge is 2.35. The minimum atomic E-state index is -0.231. The summed E-state index contributed by atoms with van der Waals surface area (Å²) in [5.41, 5.74) is 0.796. The van der Waals surface area contributed by atoms with Gasteiger partial charge < -0.3 is 14.6 Å². The van der Waals surface area contributed by atoms with Crippen molar-refractivity contribution in [1.29, 1.82) is 0 Å². The Morgan fingerprint density at radius 2 is 2.22 bits per heavy atom. The van der Waals surface area contributed by atoms with Gasteiger partial charge in [0.15, 0.2) is 5.76 Å². The Morgan fingerprint density at radius 3 is 2.83 bits per heavy atom. The van der Waals surface area contributed by atoms with E-state index < -0.39 is 0 Å². The van der Waals surface area contributed by atoms with E-state index in [0.717, 1.165) is 25.0 Å². The molecule has 0 aliphatic carbocycles. The van der Waals surface area contributed by atoms with Gasteiger partial charge in [-0.15, -0.1) is 0 Å². The standard InChI is InChI=1S/C13H19N3O2/c1-3-11-10(2)12(17)13(18)16(11)7-4-6-15-8-5-14-9-15/h5,8-9,11,17H,3-4,6-7H2,1-2H3. The second-order valence-electron chi connectivity index (χ2n) is 4.61. The number of aliphatic hydroxyl groups excluding tert-OH is 1. The van der Waals surface area contributed by atoms with Crippen LogP contribution in [0.1, 0.15) is 26.7 Å². The molecule has 1 amide bonds. The minimum absolute atomic E-state index is 0.0558. The van der Waals surface area contributed by atoms with Crippen molar-refractivity contribution in [3.8, 4) is 0 Å². The highest BCUT2D eigenvalue weighted by molar-refractivity contribution is 5.95. The van der Waals surface area contributed by atoms with Crippen molar-refractivity contribution < 1.29 is 9.90 Å². The van der Waals surface area contributed by atoms with E-state index in [9.17, 15) is 9.90 Å². The molecule has 0 saturated heterocycles. The second kappa shape index (κ2) is 5.25. The molecular weight excluding hydrogens is 230 g/mol. The van der Waals surface area contributed by atoms with E-state index in [-0.39, 0.29) is 17.7 Å². The molecule has 2 rings (SSSR count). The first kappa shape index (κ1) is 12.7. The van der Waals surface area contributed by atoms with E-state index in [1.807, 2.05) is 24.6 Å². The number of hydrogen-bond donors (Lipinski definition) is 1. The van der Waals surface area contributed by atoms with Crippen molar-refractivity contribution in [2.24, 2.45) is 0 Å². The first-order valence-electron chi connectivity index (χ1n) is 6.31. The molecule has 5 nitrogen and oxygen atoms in total. The second-order valence-corrected chi connectivity index (χ2v) is 4.61. The van der Waals surface area contributed by atoms with Crippen molar-refractivity contribution in [3.05, 3.63) is 30.1 Å². The van der Waals surface area contributed by atoms with Crippen molar-refractivity contribution in [2.75, 3.05) is 6.54 Å². The van der Waals surface area contributed by atoms with Crippen molar-refractivity contribution in [3.63, 3.8) is 0 Å². The van der Waals surface area contributed by atoms with E-state index >= 15 is 0 Å². The van der Waals surface area contributed by atoms with Crippen LogP contribution in [0.4, 0.5) is 0 Å². The zero-order valence-corrected chi connectivity index (χ0v) is 10.8. The van der Waals surface area contributed by atoms with Crippen LogP contribution in [0, 0.1) is 0 Å². The summed E-state index contributed by atoms with van der Waals surface area (Å²) in [5.74, 6) is -0.297. The Balaban J connectivity index is 1.91. The van der Waals surface area contributed by atoms with Gasteiger partial charge in [-0.2, -0.15) is 0 Å². The Hall–Kier alpha value is -1.78. The third-order valence-electron chi connectivity index (χ3n) is 3.47. The van der Waals surface area contributed by atoms with Gasteiger partial charge in [-0.1, -0.05) is 6.92 Å². The van der Waals surface area contributed by atoms with Crippen LogP contribution in [0.5, 0.6) is 0 Å².